The number of carbonyl (C=O) groups excluding carboxylic acids is 1. The van der Waals surface area contributed by atoms with Crippen molar-refractivity contribution in [3.63, 3.8) is 0 Å². The van der Waals surface area contributed by atoms with Crippen molar-refractivity contribution in [1.82, 2.24) is 0 Å². The molecule has 0 aliphatic heterocycles. The lowest BCUT2D eigenvalue weighted by atomic mass is 10.4. The third-order valence-corrected chi connectivity index (χ3v) is 0.962. The van der Waals surface area contributed by atoms with E-state index in [2.05, 4.69) is 14.2 Å². The summed E-state index contributed by atoms with van der Waals surface area (Å²) in [5.41, 5.74) is 7.75. The van der Waals surface area contributed by atoms with Crippen molar-refractivity contribution in [1.29, 1.82) is 0 Å². The van der Waals surface area contributed by atoms with Gasteiger partial charge < -0.3 is 8.74 Å². The van der Waals surface area contributed by atoms with Gasteiger partial charge in [0.25, 0.3) is 0 Å². The highest BCUT2D eigenvalue weighted by Crippen LogP contribution is 1.89. The number of carbonyl (C=O) groups is 1. The molecular formula is C3H4N3O4S-. The van der Waals surface area contributed by atoms with Crippen molar-refractivity contribution in [3.05, 3.63) is 10.4 Å². The molecule has 1 atom stereocenters. The molecule has 0 aromatic carbocycles. The zero-order valence-corrected chi connectivity index (χ0v) is 6.11. The Bertz CT molecular complexity index is 211. The number of azide groups is 1. The van der Waals surface area contributed by atoms with Gasteiger partial charge in [-0.3, -0.25) is 4.79 Å². The van der Waals surface area contributed by atoms with Crippen molar-refractivity contribution in [2.24, 2.45) is 5.11 Å². The molecule has 0 radical (unpaired) electrons. The summed E-state index contributed by atoms with van der Waals surface area (Å²) < 4.78 is 23.1. The van der Waals surface area contributed by atoms with Crippen molar-refractivity contribution in [3.8, 4) is 0 Å². The Labute approximate surface area is 64.5 Å². The Morgan fingerprint density at radius 1 is 1.82 bits per heavy atom. The van der Waals surface area contributed by atoms with E-state index in [1.807, 2.05) is 0 Å². The zero-order valence-electron chi connectivity index (χ0n) is 5.30. The van der Waals surface area contributed by atoms with E-state index in [1.54, 1.807) is 0 Å². The fourth-order valence-corrected chi connectivity index (χ4v) is 0.539. The van der Waals surface area contributed by atoms with Gasteiger partial charge in [-0.05, 0) is 5.53 Å². The van der Waals surface area contributed by atoms with E-state index in [-0.39, 0.29) is 13.0 Å². The third-order valence-electron chi connectivity index (χ3n) is 0.640. The highest BCUT2D eigenvalue weighted by atomic mass is 32.2. The minimum atomic E-state index is -2.84. The third kappa shape index (κ3) is 6.78. The molecule has 8 heteroatoms. The van der Waals surface area contributed by atoms with Crippen LogP contribution in [0.15, 0.2) is 5.11 Å². The molecule has 0 heterocycles. The highest BCUT2D eigenvalue weighted by Gasteiger charge is 2.00. The normalized spacial score (nSPS) is 11.4. The van der Waals surface area contributed by atoms with Crippen LogP contribution >= 0.6 is 0 Å². The van der Waals surface area contributed by atoms with Gasteiger partial charge in [0.2, 0.25) is 0 Å². The predicted octanol–water partition coefficient (Wildman–Crippen LogP) is 0.0241. The smallest absolute Gasteiger partial charge is 0.319 e. The molecule has 0 bridgehead atoms. The maximum atomic E-state index is 10.3. The fraction of sp³-hybridized carbons (Fsp3) is 0.667. The molecule has 0 spiro atoms. The summed E-state index contributed by atoms with van der Waals surface area (Å²) in [4.78, 5) is 12.7. The lowest BCUT2D eigenvalue weighted by molar-refractivity contribution is -0.133. The molecule has 0 amide bonds. The lowest BCUT2D eigenvalue weighted by Gasteiger charge is -2.02. The van der Waals surface area contributed by atoms with Gasteiger partial charge in [0.05, 0.1) is 6.42 Å². The van der Waals surface area contributed by atoms with Gasteiger partial charge in [0, 0.05) is 11.5 Å². The Hall–Kier alpha value is -1.11. The van der Waals surface area contributed by atoms with E-state index in [0.717, 1.165) is 0 Å². The number of rotatable bonds is 4. The molecular weight excluding hydrogens is 174 g/mol. The highest BCUT2D eigenvalue weighted by molar-refractivity contribution is 7.74. The van der Waals surface area contributed by atoms with Crippen LogP contribution in [-0.2, 0) is 20.3 Å². The topological polar surface area (TPSA) is 115 Å². The quantitative estimate of drug-likeness (QED) is 0.261. The first-order valence-electron chi connectivity index (χ1n) is 2.48. The predicted molar refractivity (Wildman–Crippen MR) is 33.6 cm³/mol. The summed E-state index contributed by atoms with van der Waals surface area (Å²) in [6, 6.07) is 0. The molecule has 11 heavy (non-hydrogen) atoms. The minimum Gasteiger partial charge on any atom is -0.740 e. The van der Waals surface area contributed by atoms with Crippen molar-refractivity contribution in [2.75, 3.05) is 6.54 Å². The van der Waals surface area contributed by atoms with Gasteiger partial charge >= 0.3 is 5.97 Å². The second-order valence-corrected chi connectivity index (χ2v) is 1.94. The van der Waals surface area contributed by atoms with Crippen molar-refractivity contribution < 1.29 is 17.7 Å². The largest absolute Gasteiger partial charge is 0.740 e. The molecule has 0 N–H and O–H groups in total. The van der Waals surface area contributed by atoms with Crippen LogP contribution in [0, 0.1) is 0 Å². The van der Waals surface area contributed by atoms with Crippen LogP contribution in [0.4, 0.5) is 0 Å². The zero-order chi connectivity index (χ0) is 8.69. The summed E-state index contributed by atoms with van der Waals surface area (Å²) >= 11 is -2.84. The fourth-order valence-electron chi connectivity index (χ4n) is 0.304. The van der Waals surface area contributed by atoms with Crippen LogP contribution in [0.2, 0.25) is 0 Å². The summed E-state index contributed by atoms with van der Waals surface area (Å²) in [6.07, 6.45) is -0.238. The van der Waals surface area contributed by atoms with Crippen LogP contribution in [0.5, 0.6) is 0 Å². The maximum Gasteiger partial charge on any atom is 0.319 e. The monoisotopic (exact) mass is 178 g/mol. The second kappa shape index (κ2) is 5.66. The van der Waals surface area contributed by atoms with E-state index < -0.39 is 17.3 Å². The first-order valence-corrected chi connectivity index (χ1v) is 3.48. The van der Waals surface area contributed by atoms with Crippen LogP contribution in [0.25, 0.3) is 10.4 Å². The average Bonchev–Trinajstić information content (AvgIpc) is 1.86. The van der Waals surface area contributed by atoms with Gasteiger partial charge in [0.1, 0.15) is 11.4 Å². The standard InChI is InChI=1S/C3H5N3O4S/c4-6-5-2-1-3(7)10-11(8)9/h1-2H2,(H,8,9)/p-1. The Morgan fingerprint density at radius 3 is 2.91 bits per heavy atom. The second-order valence-electron chi connectivity index (χ2n) is 1.36. The minimum absolute atomic E-state index is 0.105. The van der Waals surface area contributed by atoms with E-state index in [0.29, 0.717) is 0 Å². The molecule has 0 saturated heterocycles. The summed E-state index contributed by atoms with van der Waals surface area (Å²) in [6.45, 7) is -0.105. The van der Waals surface area contributed by atoms with Crippen molar-refractivity contribution in [2.45, 2.75) is 6.42 Å². The summed E-state index contributed by atoms with van der Waals surface area (Å²) in [5.74, 6) is -0.939. The van der Waals surface area contributed by atoms with Crippen molar-refractivity contribution >= 4 is 17.3 Å². The molecule has 0 fully saturated rings. The number of hydrogen-bond donors (Lipinski definition) is 0. The van der Waals surface area contributed by atoms with E-state index >= 15 is 0 Å². The SMILES string of the molecule is [N-]=[N+]=NCCC(=O)OS(=O)[O-]. The van der Waals surface area contributed by atoms with E-state index in [1.165, 1.54) is 0 Å². The Balaban J connectivity index is 3.53. The van der Waals surface area contributed by atoms with Crippen LogP contribution in [0.1, 0.15) is 6.42 Å². The van der Waals surface area contributed by atoms with Crippen LogP contribution in [-0.4, -0.2) is 21.3 Å². The summed E-state index contributed by atoms with van der Waals surface area (Å²) in [7, 11) is 0. The lowest BCUT2D eigenvalue weighted by Crippen LogP contribution is -2.07. The van der Waals surface area contributed by atoms with Gasteiger partial charge in [-0.1, -0.05) is 5.11 Å². The van der Waals surface area contributed by atoms with E-state index in [4.69, 9.17) is 5.53 Å². The van der Waals surface area contributed by atoms with Gasteiger partial charge in [-0.2, -0.15) is 0 Å². The Kier molecular flexibility index (Phi) is 5.09. The molecule has 1 unspecified atom stereocenters. The molecule has 62 valence electrons. The van der Waals surface area contributed by atoms with Gasteiger partial charge in [-0.15, -0.1) is 0 Å². The van der Waals surface area contributed by atoms with Crippen LogP contribution < -0.4 is 0 Å². The Morgan fingerprint density at radius 2 is 2.45 bits per heavy atom. The molecule has 0 rings (SSSR count). The number of hydrogen-bond acceptors (Lipinski definition) is 5. The van der Waals surface area contributed by atoms with Gasteiger partial charge in [0.15, 0.2) is 0 Å². The summed E-state index contributed by atoms with van der Waals surface area (Å²) in [5, 5.41) is 3.00. The molecule has 0 aromatic rings. The van der Waals surface area contributed by atoms with E-state index in [9.17, 15) is 13.6 Å². The van der Waals surface area contributed by atoms with Gasteiger partial charge in [-0.25, -0.2) is 4.21 Å². The number of nitrogens with zero attached hydrogens (tertiary/aromatic N) is 3. The first kappa shape index (κ1) is 9.89. The first-order chi connectivity index (χ1) is 5.16. The average molecular weight is 178 g/mol. The molecule has 0 aliphatic carbocycles. The molecule has 0 saturated carbocycles. The maximum absolute atomic E-state index is 10.3. The molecule has 7 nitrogen and oxygen atoms in total. The van der Waals surface area contributed by atoms with Crippen LogP contribution in [0.3, 0.4) is 0 Å². The molecule has 0 aliphatic rings. The molecule has 0 aromatic heterocycles.